The average Bonchev–Trinajstić information content (AvgIpc) is 3.08. The lowest BCUT2D eigenvalue weighted by Crippen LogP contribution is -2.17. The van der Waals surface area contributed by atoms with Crippen molar-refractivity contribution in [3.63, 3.8) is 0 Å². The van der Waals surface area contributed by atoms with Gasteiger partial charge in [-0.25, -0.2) is 5.43 Å². The Bertz CT molecular complexity index is 973. The molecule has 0 aliphatic heterocycles. The molecule has 3 aromatic rings. The predicted octanol–water partition coefficient (Wildman–Crippen LogP) is 4.08. The first-order valence-corrected chi connectivity index (χ1v) is 8.97. The molecule has 0 spiro atoms. The second-order valence-corrected chi connectivity index (χ2v) is 6.35. The Labute approximate surface area is 158 Å². The molecule has 0 saturated heterocycles. The van der Waals surface area contributed by atoms with Crippen molar-refractivity contribution in [1.82, 2.24) is 10.4 Å². The number of nitrogens with one attached hydrogen (secondary N) is 2. The number of nitrogens with zero attached hydrogens (tertiary/aromatic N) is 1. The van der Waals surface area contributed by atoms with Crippen LogP contribution in [-0.2, 0) is 17.6 Å². The second kappa shape index (κ2) is 8.85. The number of para-hydroxylation sites is 2. The van der Waals surface area contributed by atoms with Gasteiger partial charge in [0.05, 0.1) is 6.21 Å². The number of H-pyrrole nitrogens is 1. The lowest BCUT2D eigenvalue weighted by atomic mass is 10.1. The molecule has 1 aromatic heterocycles. The Morgan fingerprint density at radius 3 is 2.89 bits per heavy atom. The number of carbonyl (C=O) groups is 1. The Kier molecular flexibility index (Phi) is 6.05. The minimum atomic E-state index is -0.146. The van der Waals surface area contributed by atoms with Crippen LogP contribution in [0.1, 0.15) is 29.5 Å². The van der Waals surface area contributed by atoms with Gasteiger partial charge in [0.15, 0.2) is 0 Å². The van der Waals surface area contributed by atoms with Crippen LogP contribution < -0.4 is 5.43 Å². The molecule has 0 fully saturated rings. The Morgan fingerprint density at radius 1 is 1.19 bits per heavy atom. The number of rotatable bonds is 8. The number of fused-ring (bicyclic) bond motifs is 1. The molecule has 0 aliphatic rings. The van der Waals surface area contributed by atoms with Crippen LogP contribution in [0.5, 0.6) is 5.75 Å². The Morgan fingerprint density at radius 2 is 2.04 bits per heavy atom. The minimum absolute atomic E-state index is 0.146. The standard InChI is InChI=1S/C22H23N3O2/c1-2-7-16-8-5-10-18(22(16)27)15-24-25-21(26)13-6-9-17-14-23-20-12-4-3-11-19(17)20/h2-5,8,10-12,14-15,23,27H,1,6-7,9,13H2,(H,25,26). The maximum atomic E-state index is 12.0. The number of carbonyl (C=O) groups excluding carboxylic acids is 1. The third-order valence-electron chi connectivity index (χ3n) is 4.43. The smallest absolute Gasteiger partial charge is 0.240 e. The number of hydrazone groups is 1. The summed E-state index contributed by atoms with van der Waals surface area (Å²) in [5, 5.41) is 15.3. The molecule has 5 heteroatoms. The van der Waals surface area contributed by atoms with E-state index in [1.54, 1.807) is 12.1 Å². The third-order valence-corrected chi connectivity index (χ3v) is 4.43. The number of phenolic OH excluding ortho intramolecular Hbond substituents is 1. The molecular formula is C22H23N3O2. The van der Waals surface area contributed by atoms with Gasteiger partial charge in [-0.15, -0.1) is 6.58 Å². The summed E-state index contributed by atoms with van der Waals surface area (Å²) in [5.74, 6) is 0.0163. The Hall–Kier alpha value is -3.34. The van der Waals surface area contributed by atoms with Gasteiger partial charge in [0.25, 0.3) is 0 Å². The Balaban J connectivity index is 1.49. The van der Waals surface area contributed by atoms with Crippen LogP contribution in [-0.4, -0.2) is 22.2 Å². The van der Waals surface area contributed by atoms with E-state index >= 15 is 0 Å². The molecule has 27 heavy (non-hydrogen) atoms. The van der Waals surface area contributed by atoms with Gasteiger partial charge in [-0.3, -0.25) is 4.79 Å². The molecule has 0 radical (unpaired) electrons. The number of aromatic amines is 1. The van der Waals surface area contributed by atoms with E-state index in [1.807, 2.05) is 36.5 Å². The molecule has 3 rings (SSSR count). The SMILES string of the molecule is C=CCc1cccc(C=NNC(=O)CCCc2c[nH]c3ccccc23)c1O. The molecule has 0 aliphatic carbocycles. The lowest BCUT2D eigenvalue weighted by Gasteiger charge is -2.04. The molecule has 0 bridgehead atoms. The van der Waals surface area contributed by atoms with Gasteiger partial charge in [0.1, 0.15) is 5.75 Å². The quantitative estimate of drug-likeness (QED) is 0.321. The fourth-order valence-corrected chi connectivity index (χ4v) is 3.04. The van der Waals surface area contributed by atoms with Gasteiger partial charge >= 0.3 is 0 Å². The lowest BCUT2D eigenvalue weighted by molar-refractivity contribution is -0.121. The van der Waals surface area contributed by atoms with E-state index in [0.29, 0.717) is 18.4 Å². The van der Waals surface area contributed by atoms with E-state index in [-0.39, 0.29) is 11.7 Å². The third kappa shape index (κ3) is 4.64. The molecule has 1 heterocycles. The minimum Gasteiger partial charge on any atom is -0.507 e. The first-order valence-electron chi connectivity index (χ1n) is 8.97. The van der Waals surface area contributed by atoms with E-state index in [0.717, 1.165) is 23.9 Å². The molecule has 138 valence electrons. The summed E-state index contributed by atoms with van der Waals surface area (Å²) >= 11 is 0. The zero-order valence-electron chi connectivity index (χ0n) is 15.1. The van der Waals surface area contributed by atoms with Crippen molar-refractivity contribution in [3.8, 4) is 5.75 Å². The van der Waals surface area contributed by atoms with Gasteiger partial charge in [-0.05, 0) is 42.5 Å². The highest BCUT2D eigenvalue weighted by atomic mass is 16.3. The number of phenols is 1. The van der Waals surface area contributed by atoms with Crippen LogP contribution in [0.15, 0.2) is 66.4 Å². The van der Waals surface area contributed by atoms with E-state index in [1.165, 1.54) is 17.2 Å². The van der Waals surface area contributed by atoms with Crippen molar-refractivity contribution in [2.45, 2.75) is 25.7 Å². The highest BCUT2D eigenvalue weighted by Crippen LogP contribution is 2.21. The number of aryl methyl sites for hydroxylation is 1. The number of aromatic nitrogens is 1. The second-order valence-electron chi connectivity index (χ2n) is 6.35. The molecule has 2 aromatic carbocycles. The van der Waals surface area contributed by atoms with Crippen molar-refractivity contribution in [3.05, 3.63) is 78.0 Å². The van der Waals surface area contributed by atoms with Gasteiger partial charge in [-0.2, -0.15) is 5.10 Å². The summed E-state index contributed by atoms with van der Waals surface area (Å²) in [6, 6.07) is 13.5. The van der Waals surface area contributed by atoms with Gasteiger partial charge in [-0.1, -0.05) is 36.4 Å². The number of hydrogen-bond acceptors (Lipinski definition) is 3. The first kappa shape index (κ1) is 18.5. The number of benzene rings is 2. The van der Waals surface area contributed by atoms with Gasteiger partial charge in [0, 0.05) is 29.1 Å². The fourth-order valence-electron chi connectivity index (χ4n) is 3.04. The summed E-state index contributed by atoms with van der Waals surface area (Å²) in [4.78, 5) is 15.2. The largest absolute Gasteiger partial charge is 0.507 e. The molecule has 1 amide bonds. The van der Waals surface area contributed by atoms with Crippen molar-refractivity contribution >= 4 is 23.0 Å². The average molecular weight is 361 g/mol. The highest BCUT2D eigenvalue weighted by molar-refractivity contribution is 5.86. The van der Waals surface area contributed by atoms with Crippen molar-refractivity contribution in [1.29, 1.82) is 0 Å². The highest BCUT2D eigenvalue weighted by Gasteiger charge is 2.06. The molecular weight excluding hydrogens is 338 g/mol. The van der Waals surface area contributed by atoms with Crippen molar-refractivity contribution < 1.29 is 9.90 Å². The predicted molar refractivity (Wildman–Crippen MR) is 109 cm³/mol. The molecule has 0 unspecified atom stereocenters. The van der Waals surface area contributed by atoms with E-state index in [9.17, 15) is 9.90 Å². The number of amides is 1. The summed E-state index contributed by atoms with van der Waals surface area (Å²) in [5.41, 5.74) is 6.18. The summed E-state index contributed by atoms with van der Waals surface area (Å²) < 4.78 is 0. The first-order chi connectivity index (χ1) is 13.2. The van der Waals surface area contributed by atoms with Crippen LogP contribution >= 0.6 is 0 Å². The number of aromatic hydroxyl groups is 1. The van der Waals surface area contributed by atoms with Crippen LogP contribution in [0.3, 0.4) is 0 Å². The van der Waals surface area contributed by atoms with Crippen LogP contribution in [0.2, 0.25) is 0 Å². The van der Waals surface area contributed by atoms with Crippen LogP contribution in [0.25, 0.3) is 10.9 Å². The molecule has 0 saturated carbocycles. The van der Waals surface area contributed by atoms with E-state index < -0.39 is 0 Å². The van der Waals surface area contributed by atoms with Gasteiger partial charge < -0.3 is 10.1 Å². The van der Waals surface area contributed by atoms with Crippen LogP contribution in [0.4, 0.5) is 0 Å². The number of hydrogen-bond donors (Lipinski definition) is 3. The van der Waals surface area contributed by atoms with E-state index in [4.69, 9.17) is 0 Å². The number of allylic oxidation sites excluding steroid dienone is 1. The van der Waals surface area contributed by atoms with Gasteiger partial charge in [0.2, 0.25) is 5.91 Å². The summed E-state index contributed by atoms with van der Waals surface area (Å²) in [6.45, 7) is 3.67. The molecule has 5 nitrogen and oxygen atoms in total. The summed E-state index contributed by atoms with van der Waals surface area (Å²) in [7, 11) is 0. The summed E-state index contributed by atoms with van der Waals surface area (Å²) in [6.07, 6.45) is 7.71. The molecule has 0 atom stereocenters. The monoisotopic (exact) mass is 361 g/mol. The maximum Gasteiger partial charge on any atom is 0.240 e. The zero-order valence-corrected chi connectivity index (χ0v) is 15.1. The van der Waals surface area contributed by atoms with Crippen LogP contribution in [0, 0.1) is 0 Å². The topological polar surface area (TPSA) is 77.5 Å². The van der Waals surface area contributed by atoms with E-state index in [2.05, 4.69) is 28.2 Å². The maximum absolute atomic E-state index is 12.0. The zero-order chi connectivity index (χ0) is 19.1. The molecule has 3 N–H and O–H groups in total. The van der Waals surface area contributed by atoms with Crippen molar-refractivity contribution in [2.24, 2.45) is 5.10 Å². The fraction of sp³-hybridized carbons (Fsp3) is 0.182. The van der Waals surface area contributed by atoms with Crippen molar-refractivity contribution in [2.75, 3.05) is 0 Å². The normalized spacial score (nSPS) is 11.1.